The van der Waals surface area contributed by atoms with Crippen LogP contribution in [0.25, 0.3) is 0 Å². The lowest BCUT2D eigenvalue weighted by Crippen LogP contribution is -2.35. The van der Waals surface area contributed by atoms with Crippen LogP contribution in [-0.2, 0) is 4.79 Å². The van der Waals surface area contributed by atoms with Gasteiger partial charge in [-0.15, -0.1) is 11.8 Å². The lowest BCUT2D eigenvalue weighted by Gasteiger charge is -2.21. The van der Waals surface area contributed by atoms with Crippen LogP contribution < -0.4 is 0 Å². The number of carboxylic acids is 1. The van der Waals surface area contributed by atoms with Gasteiger partial charge in [-0.05, 0) is 44.2 Å². The van der Waals surface area contributed by atoms with Crippen molar-refractivity contribution in [2.24, 2.45) is 5.41 Å². The van der Waals surface area contributed by atoms with Crippen LogP contribution in [0.5, 0.6) is 0 Å². The Bertz CT molecular complexity index is 558. The Kier molecular flexibility index (Phi) is 4.09. The standard InChI is InChI=1S/C15H19NO3S/c1-10-4-5-11(20-3)8-12(10)13(17)16-7-6-15(2,9-16)14(18)19/h4-5,8H,6-7,9H2,1-3H3,(H,18,19). The number of nitrogens with zero attached hydrogens (tertiary/aromatic N) is 1. The number of aryl methyl sites for hydroxylation is 1. The largest absolute Gasteiger partial charge is 0.481 e. The van der Waals surface area contributed by atoms with Crippen molar-refractivity contribution in [1.82, 2.24) is 4.90 Å². The van der Waals surface area contributed by atoms with E-state index in [0.717, 1.165) is 10.5 Å². The molecule has 0 spiro atoms. The molecule has 0 saturated carbocycles. The number of carbonyl (C=O) groups is 2. The highest BCUT2D eigenvalue weighted by Gasteiger charge is 2.42. The molecule has 1 aliphatic heterocycles. The fraction of sp³-hybridized carbons (Fsp3) is 0.467. The van der Waals surface area contributed by atoms with Crippen LogP contribution in [0.1, 0.15) is 29.3 Å². The first-order valence-corrected chi connectivity index (χ1v) is 7.77. The van der Waals surface area contributed by atoms with E-state index >= 15 is 0 Å². The molecule has 4 nitrogen and oxygen atoms in total. The molecule has 20 heavy (non-hydrogen) atoms. The second kappa shape index (κ2) is 5.48. The molecule has 0 aromatic heterocycles. The van der Waals surface area contributed by atoms with Crippen molar-refractivity contribution in [3.05, 3.63) is 29.3 Å². The van der Waals surface area contributed by atoms with Crippen molar-refractivity contribution >= 4 is 23.6 Å². The maximum Gasteiger partial charge on any atom is 0.311 e. The molecule has 1 fully saturated rings. The van der Waals surface area contributed by atoms with Gasteiger partial charge < -0.3 is 10.0 Å². The zero-order chi connectivity index (χ0) is 14.9. The summed E-state index contributed by atoms with van der Waals surface area (Å²) in [7, 11) is 0. The summed E-state index contributed by atoms with van der Waals surface area (Å²) < 4.78 is 0. The van der Waals surface area contributed by atoms with E-state index in [1.807, 2.05) is 31.4 Å². The Balaban J connectivity index is 2.23. The van der Waals surface area contributed by atoms with Crippen LogP contribution >= 0.6 is 11.8 Å². The van der Waals surface area contributed by atoms with Crippen LogP contribution in [-0.4, -0.2) is 41.2 Å². The van der Waals surface area contributed by atoms with Crippen molar-refractivity contribution in [2.45, 2.75) is 25.2 Å². The summed E-state index contributed by atoms with van der Waals surface area (Å²) in [6, 6.07) is 5.81. The molecular weight excluding hydrogens is 274 g/mol. The van der Waals surface area contributed by atoms with E-state index < -0.39 is 11.4 Å². The molecule has 1 saturated heterocycles. The molecule has 1 unspecified atom stereocenters. The number of hydrogen-bond donors (Lipinski definition) is 1. The van der Waals surface area contributed by atoms with Gasteiger partial charge in [-0.25, -0.2) is 0 Å². The molecule has 0 aliphatic carbocycles. The smallest absolute Gasteiger partial charge is 0.311 e. The van der Waals surface area contributed by atoms with Gasteiger partial charge in [-0.2, -0.15) is 0 Å². The average molecular weight is 293 g/mol. The lowest BCUT2D eigenvalue weighted by molar-refractivity contribution is -0.147. The number of thioether (sulfide) groups is 1. The Morgan fingerprint density at radius 3 is 2.65 bits per heavy atom. The zero-order valence-corrected chi connectivity index (χ0v) is 12.8. The highest BCUT2D eigenvalue weighted by molar-refractivity contribution is 7.98. The summed E-state index contributed by atoms with van der Waals surface area (Å²) >= 11 is 1.59. The normalized spacial score (nSPS) is 22.1. The molecule has 1 aliphatic rings. The second-order valence-electron chi connectivity index (χ2n) is 5.52. The predicted molar refractivity (Wildman–Crippen MR) is 79.2 cm³/mol. The Morgan fingerprint density at radius 1 is 1.40 bits per heavy atom. The molecule has 1 aromatic rings. The quantitative estimate of drug-likeness (QED) is 0.870. The van der Waals surface area contributed by atoms with E-state index in [-0.39, 0.29) is 12.5 Å². The molecule has 1 amide bonds. The predicted octanol–water partition coefficient (Wildman–Crippen LogP) is 2.65. The van der Waals surface area contributed by atoms with Crippen molar-refractivity contribution in [2.75, 3.05) is 19.3 Å². The molecule has 108 valence electrons. The van der Waals surface area contributed by atoms with E-state index in [1.54, 1.807) is 23.6 Å². The third kappa shape index (κ3) is 2.68. The fourth-order valence-corrected chi connectivity index (χ4v) is 2.88. The maximum atomic E-state index is 12.6. The minimum absolute atomic E-state index is 0.0663. The highest BCUT2D eigenvalue weighted by atomic mass is 32.2. The number of hydrogen-bond acceptors (Lipinski definition) is 3. The number of carbonyl (C=O) groups excluding carboxylic acids is 1. The van der Waals surface area contributed by atoms with Crippen molar-refractivity contribution < 1.29 is 14.7 Å². The van der Waals surface area contributed by atoms with Crippen LogP contribution in [0.3, 0.4) is 0 Å². The molecule has 1 atom stereocenters. The Morgan fingerprint density at radius 2 is 2.10 bits per heavy atom. The van der Waals surface area contributed by atoms with Crippen LogP contribution in [0.4, 0.5) is 0 Å². The summed E-state index contributed by atoms with van der Waals surface area (Å²) in [5, 5.41) is 9.24. The maximum absolute atomic E-state index is 12.6. The molecule has 0 bridgehead atoms. The number of aliphatic carboxylic acids is 1. The topological polar surface area (TPSA) is 57.6 Å². The minimum Gasteiger partial charge on any atom is -0.481 e. The van der Waals surface area contributed by atoms with Gasteiger partial charge in [0, 0.05) is 23.5 Å². The molecule has 1 aromatic carbocycles. The highest BCUT2D eigenvalue weighted by Crippen LogP contribution is 2.31. The second-order valence-corrected chi connectivity index (χ2v) is 6.40. The van der Waals surface area contributed by atoms with E-state index in [0.29, 0.717) is 18.5 Å². The molecule has 1 N–H and O–H groups in total. The first-order chi connectivity index (χ1) is 9.37. The van der Waals surface area contributed by atoms with Gasteiger partial charge in [0.15, 0.2) is 0 Å². The number of likely N-dealkylation sites (tertiary alicyclic amines) is 1. The number of benzene rings is 1. The van der Waals surface area contributed by atoms with Crippen LogP contribution in [0.15, 0.2) is 23.1 Å². The van der Waals surface area contributed by atoms with Gasteiger partial charge in [0.2, 0.25) is 0 Å². The van der Waals surface area contributed by atoms with Crippen LogP contribution in [0, 0.1) is 12.3 Å². The molecule has 1 heterocycles. The number of carboxylic acid groups (broad SMARTS) is 1. The van der Waals surface area contributed by atoms with E-state index in [2.05, 4.69) is 0 Å². The van der Waals surface area contributed by atoms with Gasteiger partial charge in [-0.1, -0.05) is 6.07 Å². The summed E-state index contributed by atoms with van der Waals surface area (Å²) in [6.07, 6.45) is 2.48. The van der Waals surface area contributed by atoms with E-state index in [1.165, 1.54) is 0 Å². The van der Waals surface area contributed by atoms with Crippen molar-refractivity contribution in [3.8, 4) is 0 Å². The zero-order valence-electron chi connectivity index (χ0n) is 12.0. The first kappa shape index (κ1) is 14.9. The molecular formula is C15H19NO3S. The molecule has 2 rings (SSSR count). The van der Waals surface area contributed by atoms with Crippen molar-refractivity contribution in [1.29, 1.82) is 0 Å². The first-order valence-electron chi connectivity index (χ1n) is 6.55. The third-order valence-corrected chi connectivity index (χ3v) is 4.68. The third-order valence-electron chi connectivity index (χ3n) is 3.95. The molecule has 0 radical (unpaired) electrons. The number of rotatable bonds is 3. The van der Waals surface area contributed by atoms with Gasteiger partial charge >= 0.3 is 5.97 Å². The van der Waals surface area contributed by atoms with Gasteiger partial charge in [-0.3, -0.25) is 9.59 Å². The van der Waals surface area contributed by atoms with E-state index in [4.69, 9.17) is 0 Å². The van der Waals surface area contributed by atoms with Crippen molar-refractivity contribution in [3.63, 3.8) is 0 Å². The average Bonchev–Trinajstić information content (AvgIpc) is 2.83. The summed E-state index contributed by atoms with van der Waals surface area (Å²) in [5.41, 5.74) is 0.781. The summed E-state index contributed by atoms with van der Waals surface area (Å²) in [6.45, 7) is 4.40. The summed E-state index contributed by atoms with van der Waals surface area (Å²) in [4.78, 5) is 26.5. The Hall–Kier alpha value is -1.49. The van der Waals surface area contributed by atoms with Gasteiger partial charge in [0.1, 0.15) is 0 Å². The van der Waals surface area contributed by atoms with Gasteiger partial charge in [0.25, 0.3) is 5.91 Å². The lowest BCUT2D eigenvalue weighted by atomic mass is 9.90. The Labute approximate surface area is 123 Å². The number of amides is 1. The fourth-order valence-electron chi connectivity index (χ4n) is 2.44. The SMILES string of the molecule is CSc1ccc(C)c(C(=O)N2CCC(C)(C(=O)O)C2)c1. The summed E-state index contributed by atoms with van der Waals surface area (Å²) in [5.74, 6) is -0.897. The van der Waals surface area contributed by atoms with Crippen LogP contribution in [0.2, 0.25) is 0 Å². The minimum atomic E-state index is -0.831. The van der Waals surface area contributed by atoms with E-state index in [9.17, 15) is 14.7 Å². The van der Waals surface area contributed by atoms with Gasteiger partial charge in [0.05, 0.1) is 5.41 Å². The monoisotopic (exact) mass is 293 g/mol. The molecule has 5 heteroatoms.